The van der Waals surface area contributed by atoms with Crippen molar-refractivity contribution in [1.82, 2.24) is 5.32 Å². The number of hydrogen-bond donors (Lipinski definition) is 1. The van der Waals surface area contributed by atoms with E-state index in [0.29, 0.717) is 16.8 Å². The van der Waals surface area contributed by atoms with Crippen molar-refractivity contribution in [3.63, 3.8) is 0 Å². The number of nitrogens with one attached hydrogen (secondary N) is 1. The van der Waals surface area contributed by atoms with Gasteiger partial charge in [0.25, 0.3) is 5.91 Å². The molecule has 1 unspecified atom stereocenters. The zero-order valence-electron chi connectivity index (χ0n) is 11.7. The average molecular weight is 306 g/mol. The van der Waals surface area contributed by atoms with Gasteiger partial charge >= 0.3 is 6.18 Å². The Morgan fingerprint density at radius 1 is 1.09 bits per heavy atom. The van der Waals surface area contributed by atoms with Crippen molar-refractivity contribution < 1.29 is 18.0 Å². The summed E-state index contributed by atoms with van der Waals surface area (Å²) in [5.74, 6) is -0.295. The molecule has 2 aromatic rings. The average Bonchev–Trinajstić information content (AvgIpc) is 2.50. The van der Waals surface area contributed by atoms with E-state index in [4.69, 9.17) is 0 Å². The summed E-state index contributed by atoms with van der Waals surface area (Å²) in [5.41, 5.74) is 0.855. The van der Waals surface area contributed by atoms with Crippen LogP contribution in [0.1, 0.15) is 27.7 Å². The van der Waals surface area contributed by atoms with Crippen molar-refractivity contribution in [2.45, 2.75) is 12.3 Å². The summed E-state index contributed by atoms with van der Waals surface area (Å²) in [6.45, 7) is 0. The lowest BCUT2D eigenvalue weighted by atomic mass is 10.0. The number of nitrogens with zero attached hydrogens (tertiary/aromatic N) is 1. The van der Waals surface area contributed by atoms with Crippen LogP contribution < -0.4 is 10.2 Å². The molecule has 0 saturated carbocycles. The van der Waals surface area contributed by atoms with Gasteiger partial charge in [0.05, 0.1) is 16.8 Å². The van der Waals surface area contributed by atoms with Crippen LogP contribution in [0.2, 0.25) is 0 Å². The van der Waals surface area contributed by atoms with Crippen LogP contribution in [0.3, 0.4) is 0 Å². The molecule has 0 fully saturated rings. The van der Waals surface area contributed by atoms with Crippen molar-refractivity contribution in [3.05, 3.63) is 65.2 Å². The maximum Gasteiger partial charge on any atom is 0.416 e. The second kappa shape index (κ2) is 5.05. The molecular weight excluding hydrogens is 293 g/mol. The van der Waals surface area contributed by atoms with Gasteiger partial charge in [-0.2, -0.15) is 13.2 Å². The number of alkyl halides is 3. The third-order valence-electron chi connectivity index (χ3n) is 3.71. The molecule has 3 rings (SSSR count). The molecule has 3 nitrogen and oxygen atoms in total. The topological polar surface area (TPSA) is 32.3 Å². The van der Waals surface area contributed by atoms with Crippen LogP contribution in [0.4, 0.5) is 18.9 Å². The number of fused-ring (bicyclic) bond motifs is 1. The fraction of sp³-hybridized carbons (Fsp3) is 0.188. The molecule has 1 N–H and O–H groups in total. The van der Waals surface area contributed by atoms with E-state index in [1.54, 1.807) is 42.3 Å². The zero-order valence-corrected chi connectivity index (χ0v) is 11.7. The minimum absolute atomic E-state index is 0.295. The lowest BCUT2D eigenvalue weighted by Gasteiger charge is -2.36. The monoisotopic (exact) mass is 306 g/mol. The highest BCUT2D eigenvalue weighted by Gasteiger charge is 2.33. The maximum absolute atomic E-state index is 12.8. The van der Waals surface area contributed by atoms with E-state index in [2.05, 4.69) is 5.32 Å². The molecule has 1 amide bonds. The first kappa shape index (κ1) is 14.4. The first-order valence-corrected chi connectivity index (χ1v) is 6.68. The molecule has 0 radical (unpaired) electrons. The second-order valence-electron chi connectivity index (χ2n) is 5.13. The molecule has 0 saturated heterocycles. The van der Waals surface area contributed by atoms with Gasteiger partial charge in [-0.15, -0.1) is 0 Å². The molecule has 1 aliphatic rings. The maximum atomic E-state index is 12.8. The van der Waals surface area contributed by atoms with Crippen LogP contribution in [-0.2, 0) is 6.18 Å². The summed E-state index contributed by atoms with van der Waals surface area (Å²) in [6, 6.07) is 12.0. The Bertz CT molecular complexity index is 727. The normalized spacial score (nSPS) is 17.9. The molecule has 1 atom stereocenters. The van der Waals surface area contributed by atoms with Crippen molar-refractivity contribution in [3.8, 4) is 0 Å². The van der Waals surface area contributed by atoms with Gasteiger partial charge in [0.15, 0.2) is 0 Å². The molecule has 114 valence electrons. The van der Waals surface area contributed by atoms with Gasteiger partial charge in [0.2, 0.25) is 0 Å². The number of benzene rings is 2. The third kappa shape index (κ3) is 2.41. The number of para-hydroxylation sites is 1. The number of hydrogen-bond acceptors (Lipinski definition) is 2. The van der Waals surface area contributed by atoms with Gasteiger partial charge in [0.1, 0.15) is 6.17 Å². The lowest BCUT2D eigenvalue weighted by Crippen LogP contribution is -2.44. The number of carbonyl (C=O) groups is 1. The Morgan fingerprint density at radius 3 is 2.55 bits per heavy atom. The number of anilines is 1. The molecule has 0 bridgehead atoms. The van der Waals surface area contributed by atoms with E-state index in [-0.39, 0.29) is 5.91 Å². The molecule has 6 heteroatoms. The molecule has 0 aliphatic carbocycles. The molecule has 2 aromatic carbocycles. The summed E-state index contributed by atoms with van der Waals surface area (Å²) in [4.78, 5) is 13.9. The van der Waals surface area contributed by atoms with Gasteiger partial charge in [-0.1, -0.05) is 24.3 Å². The molecule has 0 aromatic heterocycles. The van der Waals surface area contributed by atoms with E-state index >= 15 is 0 Å². The van der Waals surface area contributed by atoms with E-state index in [1.807, 2.05) is 0 Å². The second-order valence-corrected chi connectivity index (χ2v) is 5.13. The van der Waals surface area contributed by atoms with Crippen LogP contribution >= 0.6 is 0 Å². The minimum atomic E-state index is -4.41. The number of amides is 1. The predicted molar refractivity (Wildman–Crippen MR) is 76.5 cm³/mol. The van der Waals surface area contributed by atoms with Crippen LogP contribution in [0.25, 0.3) is 0 Å². The Labute approximate surface area is 125 Å². The quantitative estimate of drug-likeness (QED) is 0.873. The summed E-state index contributed by atoms with van der Waals surface area (Å²) in [7, 11) is 1.74. The molecule has 22 heavy (non-hydrogen) atoms. The van der Waals surface area contributed by atoms with Crippen molar-refractivity contribution in [2.75, 3.05) is 11.9 Å². The first-order chi connectivity index (χ1) is 10.4. The van der Waals surface area contributed by atoms with Crippen LogP contribution in [0.15, 0.2) is 48.5 Å². The Kier molecular flexibility index (Phi) is 3.31. The van der Waals surface area contributed by atoms with Gasteiger partial charge in [-0.05, 0) is 29.8 Å². The van der Waals surface area contributed by atoms with E-state index in [1.165, 1.54) is 6.07 Å². The summed E-state index contributed by atoms with van der Waals surface area (Å²) in [5, 5.41) is 2.74. The number of rotatable bonds is 1. The molecule has 1 aliphatic heterocycles. The van der Waals surface area contributed by atoms with E-state index in [9.17, 15) is 18.0 Å². The highest BCUT2D eigenvalue weighted by atomic mass is 19.4. The first-order valence-electron chi connectivity index (χ1n) is 6.68. The molecule has 0 spiro atoms. The largest absolute Gasteiger partial charge is 0.416 e. The third-order valence-corrected chi connectivity index (χ3v) is 3.71. The fourth-order valence-electron chi connectivity index (χ4n) is 2.60. The Morgan fingerprint density at radius 2 is 1.82 bits per heavy atom. The smallest absolute Gasteiger partial charge is 0.350 e. The van der Waals surface area contributed by atoms with Gasteiger partial charge in [-0.25, -0.2) is 0 Å². The molecule has 1 heterocycles. The van der Waals surface area contributed by atoms with E-state index in [0.717, 1.165) is 12.1 Å². The highest BCUT2D eigenvalue weighted by Crippen LogP contribution is 2.34. The van der Waals surface area contributed by atoms with Crippen LogP contribution in [-0.4, -0.2) is 13.0 Å². The minimum Gasteiger partial charge on any atom is -0.350 e. The fourth-order valence-corrected chi connectivity index (χ4v) is 2.60. The zero-order chi connectivity index (χ0) is 15.9. The number of halogens is 3. The standard InChI is InChI=1S/C16H13F3N2O/c1-21-13-8-3-2-7-12(13)15(22)20-14(21)10-5-4-6-11(9-10)16(17,18)19/h2-9,14H,1H3,(H,20,22). The lowest BCUT2D eigenvalue weighted by molar-refractivity contribution is -0.137. The Balaban J connectivity index is 2.02. The van der Waals surface area contributed by atoms with Gasteiger partial charge < -0.3 is 10.2 Å². The predicted octanol–water partition coefficient (Wildman–Crippen LogP) is 3.58. The SMILES string of the molecule is CN1c2ccccc2C(=O)NC1c1cccc(C(F)(F)F)c1. The highest BCUT2D eigenvalue weighted by molar-refractivity contribution is 6.01. The molecular formula is C16H13F3N2O. The van der Waals surface area contributed by atoms with Gasteiger partial charge in [0, 0.05) is 7.05 Å². The Hall–Kier alpha value is -2.50. The number of carbonyl (C=O) groups excluding carboxylic acids is 1. The van der Waals surface area contributed by atoms with Crippen molar-refractivity contribution >= 4 is 11.6 Å². The van der Waals surface area contributed by atoms with Gasteiger partial charge in [-0.3, -0.25) is 4.79 Å². The summed E-state index contributed by atoms with van der Waals surface area (Å²) >= 11 is 0. The summed E-state index contributed by atoms with van der Waals surface area (Å²) in [6.07, 6.45) is -5.05. The summed E-state index contributed by atoms with van der Waals surface area (Å²) < 4.78 is 38.5. The van der Waals surface area contributed by atoms with E-state index < -0.39 is 17.9 Å². The van der Waals surface area contributed by atoms with Crippen LogP contribution in [0, 0.1) is 0 Å². The van der Waals surface area contributed by atoms with Crippen molar-refractivity contribution in [1.29, 1.82) is 0 Å². The van der Waals surface area contributed by atoms with Crippen molar-refractivity contribution in [2.24, 2.45) is 0 Å². The van der Waals surface area contributed by atoms with Crippen LogP contribution in [0.5, 0.6) is 0 Å².